The van der Waals surface area contributed by atoms with E-state index in [9.17, 15) is 4.79 Å². The maximum Gasteiger partial charge on any atom is 0.242 e. The second kappa shape index (κ2) is 11.3. The standard InChI is InChI=1S/C22H24ClN7O.HI/c1-24-22(27-13-18-6-7-26-20(12-18)30-9-8-25-16-30)29-11-10-28(21(31)15-29)14-17-2-4-19(23)5-3-17;/h2-9,12,16H,10-11,13-15H2,1H3,(H,24,27);1H. The molecule has 0 radical (unpaired) electrons. The molecular weight excluding hydrogens is 541 g/mol. The van der Waals surface area contributed by atoms with E-state index in [1.165, 1.54) is 0 Å². The highest BCUT2D eigenvalue weighted by molar-refractivity contribution is 14.0. The van der Waals surface area contributed by atoms with Crippen molar-refractivity contribution in [3.63, 3.8) is 0 Å². The predicted molar refractivity (Wildman–Crippen MR) is 135 cm³/mol. The molecule has 1 fully saturated rings. The number of piperazine rings is 1. The SMILES string of the molecule is CN=C(NCc1ccnc(-n2ccnc2)c1)N1CCN(Cc2ccc(Cl)cc2)C(=O)C1.I. The molecule has 0 spiro atoms. The molecule has 0 aliphatic carbocycles. The normalized spacial score (nSPS) is 14.3. The number of carbonyl (C=O) groups is 1. The van der Waals surface area contributed by atoms with Crippen molar-refractivity contribution in [2.75, 3.05) is 26.7 Å². The fourth-order valence-corrected chi connectivity index (χ4v) is 3.61. The number of pyridine rings is 1. The van der Waals surface area contributed by atoms with E-state index >= 15 is 0 Å². The molecule has 0 bridgehead atoms. The third kappa shape index (κ3) is 5.98. The number of rotatable bonds is 5. The van der Waals surface area contributed by atoms with Crippen molar-refractivity contribution in [1.82, 2.24) is 29.7 Å². The van der Waals surface area contributed by atoms with Crippen molar-refractivity contribution < 1.29 is 4.79 Å². The van der Waals surface area contributed by atoms with Gasteiger partial charge in [-0.1, -0.05) is 23.7 Å². The van der Waals surface area contributed by atoms with Gasteiger partial charge in [0.1, 0.15) is 12.1 Å². The number of benzene rings is 1. The van der Waals surface area contributed by atoms with Gasteiger partial charge >= 0.3 is 0 Å². The van der Waals surface area contributed by atoms with E-state index in [-0.39, 0.29) is 29.9 Å². The maximum atomic E-state index is 12.7. The van der Waals surface area contributed by atoms with Crippen LogP contribution < -0.4 is 5.32 Å². The molecule has 1 aliphatic rings. The number of carbonyl (C=O) groups excluding carboxylic acids is 1. The van der Waals surface area contributed by atoms with Gasteiger partial charge in [-0.3, -0.25) is 14.4 Å². The van der Waals surface area contributed by atoms with Crippen LogP contribution in [0.3, 0.4) is 0 Å². The lowest BCUT2D eigenvalue weighted by atomic mass is 10.2. The molecule has 1 aromatic carbocycles. The van der Waals surface area contributed by atoms with Gasteiger partial charge in [-0.2, -0.15) is 0 Å². The Labute approximate surface area is 209 Å². The lowest BCUT2D eigenvalue weighted by molar-refractivity contribution is -0.135. The molecule has 1 saturated heterocycles. The van der Waals surface area contributed by atoms with Gasteiger partial charge in [0.2, 0.25) is 5.91 Å². The van der Waals surface area contributed by atoms with E-state index in [0.29, 0.717) is 37.2 Å². The molecule has 3 heterocycles. The van der Waals surface area contributed by atoms with Gasteiger partial charge in [-0.05, 0) is 35.4 Å². The van der Waals surface area contributed by atoms with Crippen molar-refractivity contribution >= 4 is 47.4 Å². The minimum Gasteiger partial charge on any atom is -0.352 e. The van der Waals surface area contributed by atoms with E-state index in [0.717, 1.165) is 23.5 Å². The number of guanidine groups is 1. The molecule has 3 aromatic rings. The molecule has 0 saturated carbocycles. The average Bonchev–Trinajstić information content (AvgIpc) is 3.33. The number of amides is 1. The second-order valence-electron chi connectivity index (χ2n) is 7.26. The van der Waals surface area contributed by atoms with Crippen molar-refractivity contribution in [2.45, 2.75) is 13.1 Å². The summed E-state index contributed by atoms with van der Waals surface area (Å²) in [5.41, 5.74) is 2.13. The molecule has 32 heavy (non-hydrogen) atoms. The van der Waals surface area contributed by atoms with E-state index in [1.807, 2.05) is 57.0 Å². The first-order valence-electron chi connectivity index (χ1n) is 10.0. The highest BCUT2D eigenvalue weighted by Gasteiger charge is 2.25. The quantitative estimate of drug-likeness (QED) is 0.292. The second-order valence-corrected chi connectivity index (χ2v) is 7.69. The van der Waals surface area contributed by atoms with Gasteiger partial charge < -0.3 is 15.1 Å². The molecule has 0 atom stereocenters. The van der Waals surface area contributed by atoms with Crippen LogP contribution in [0.25, 0.3) is 5.82 Å². The van der Waals surface area contributed by atoms with E-state index in [2.05, 4.69) is 20.3 Å². The summed E-state index contributed by atoms with van der Waals surface area (Å²) in [7, 11) is 1.73. The van der Waals surface area contributed by atoms with Crippen molar-refractivity contribution in [3.8, 4) is 5.82 Å². The maximum absolute atomic E-state index is 12.7. The largest absolute Gasteiger partial charge is 0.352 e. The number of aliphatic imine (C=N–C) groups is 1. The summed E-state index contributed by atoms with van der Waals surface area (Å²) in [6, 6.07) is 11.6. The lowest BCUT2D eigenvalue weighted by Gasteiger charge is -2.36. The first-order valence-corrected chi connectivity index (χ1v) is 10.4. The van der Waals surface area contributed by atoms with Gasteiger partial charge in [-0.15, -0.1) is 24.0 Å². The number of halogens is 2. The number of aromatic nitrogens is 3. The number of imidazole rings is 1. The smallest absolute Gasteiger partial charge is 0.242 e. The molecule has 8 nitrogen and oxygen atoms in total. The molecule has 4 rings (SSSR count). The topological polar surface area (TPSA) is 78.7 Å². The third-order valence-electron chi connectivity index (χ3n) is 5.15. The molecule has 2 aromatic heterocycles. The zero-order chi connectivity index (χ0) is 21.6. The van der Waals surface area contributed by atoms with Crippen molar-refractivity contribution in [3.05, 3.63) is 77.5 Å². The predicted octanol–water partition coefficient (Wildman–Crippen LogP) is 2.96. The zero-order valence-electron chi connectivity index (χ0n) is 17.7. The molecule has 168 valence electrons. The van der Waals surface area contributed by atoms with Crippen LogP contribution >= 0.6 is 35.6 Å². The minimum atomic E-state index is 0. The molecule has 0 unspecified atom stereocenters. The molecular formula is C22H25ClIN7O. The number of hydrogen-bond acceptors (Lipinski definition) is 4. The van der Waals surface area contributed by atoms with E-state index in [1.54, 1.807) is 25.8 Å². The molecule has 1 aliphatic heterocycles. The third-order valence-corrected chi connectivity index (χ3v) is 5.40. The van der Waals surface area contributed by atoms with Gasteiger partial charge in [0.15, 0.2) is 5.96 Å². The Morgan fingerprint density at radius 1 is 1.16 bits per heavy atom. The molecule has 10 heteroatoms. The van der Waals surface area contributed by atoms with Crippen molar-refractivity contribution in [1.29, 1.82) is 0 Å². The van der Waals surface area contributed by atoms with Gasteiger partial charge in [0.25, 0.3) is 0 Å². The van der Waals surface area contributed by atoms with E-state index in [4.69, 9.17) is 11.6 Å². The zero-order valence-corrected chi connectivity index (χ0v) is 20.8. The lowest BCUT2D eigenvalue weighted by Crippen LogP contribution is -2.54. The fourth-order valence-electron chi connectivity index (χ4n) is 3.49. The van der Waals surface area contributed by atoms with Gasteiger partial charge in [-0.25, -0.2) is 9.97 Å². The first kappa shape index (κ1) is 24.0. The molecule has 1 amide bonds. The van der Waals surface area contributed by atoms with Crippen LogP contribution in [0.5, 0.6) is 0 Å². The number of hydrogen-bond donors (Lipinski definition) is 1. The van der Waals surface area contributed by atoms with Gasteiger partial charge in [0, 0.05) is 56.8 Å². The highest BCUT2D eigenvalue weighted by atomic mass is 127. The molecule has 1 N–H and O–H groups in total. The van der Waals surface area contributed by atoms with Crippen LogP contribution in [0.15, 0.2) is 66.3 Å². The highest BCUT2D eigenvalue weighted by Crippen LogP contribution is 2.14. The van der Waals surface area contributed by atoms with Crippen LogP contribution in [0, 0.1) is 0 Å². The van der Waals surface area contributed by atoms with Crippen LogP contribution in [0.2, 0.25) is 5.02 Å². The average molecular weight is 566 g/mol. The Hall–Kier alpha value is -2.66. The Balaban J connectivity index is 0.00000289. The summed E-state index contributed by atoms with van der Waals surface area (Å²) < 4.78 is 1.86. The Morgan fingerprint density at radius 3 is 2.66 bits per heavy atom. The summed E-state index contributed by atoms with van der Waals surface area (Å²) in [5, 5.41) is 4.05. The van der Waals surface area contributed by atoms with Crippen LogP contribution in [-0.2, 0) is 17.9 Å². The first-order chi connectivity index (χ1) is 15.1. The Bertz CT molecular complexity index is 1060. The summed E-state index contributed by atoms with van der Waals surface area (Å²) in [5.74, 6) is 1.59. The van der Waals surface area contributed by atoms with Crippen LogP contribution in [0.4, 0.5) is 0 Å². The monoisotopic (exact) mass is 565 g/mol. The summed E-state index contributed by atoms with van der Waals surface area (Å²) in [6.45, 7) is 2.82. The Morgan fingerprint density at radius 2 is 1.97 bits per heavy atom. The summed E-state index contributed by atoms with van der Waals surface area (Å²) in [4.78, 5) is 29.4. The summed E-state index contributed by atoms with van der Waals surface area (Å²) >= 11 is 5.95. The fraction of sp³-hybridized carbons (Fsp3) is 0.273. The van der Waals surface area contributed by atoms with Gasteiger partial charge in [0.05, 0.1) is 6.54 Å². The number of nitrogens with zero attached hydrogens (tertiary/aromatic N) is 6. The number of nitrogens with one attached hydrogen (secondary N) is 1. The van der Waals surface area contributed by atoms with Crippen LogP contribution in [-0.4, -0.2) is 62.9 Å². The van der Waals surface area contributed by atoms with Crippen molar-refractivity contribution in [2.24, 2.45) is 4.99 Å². The minimum absolute atomic E-state index is 0. The van der Waals surface area contributed by atoms with E-state index < -0.39 is 0 Å². The summed E-state index contributed by atoms with van der Waals surface area (Å²) in [6.07, 6.45) is 7.06. The Kier molecular flexibility index (Phi) is 8.46. The van der Waals surface area contributed by atoms with Crippen LogP contribution in [0.1, 0.15) is 11.1 Å².